The molecule has 0 aromatic heterocycles. The van der Waals surface area contributed by atoms with E-state index in [1.807, 2.05) is 25.1 Å². The highest BCUT2D eigenvalue weighted by atomic mass is 32.2. The molecule has 0 amide bonds. The van der Waals surface area contributed by atoms with Gasteiger partial charge < -0.3 is 5.73 Å². The molecule has 3 heteroatoms. The Labute approximate surface area is 112 Å². The zero-order chi connectivity index (χ0) is 13.0. The predicted octanol–water partition coefficient (Wildman–Crippen LogP) is 3.01. The van der Waals surface area contributed by atoms with Crippen LogP contribution in [0, 0.1) is 12.8 Å². The largest absolute Gasteiger partial charge is 0.330 e. The van der Waals surface area contributed by atoms with E-state index in [4.69, 9.17) is 5.73 Å². The second kappa shape index (κ2) is 6.48. The van der Waals surface area contributed by atoms with Gasteiger partial charge in [0.05, 0.1) is 10.8 Å². The average molecular weight is 265 g/mol. The van der Waals surface area contributed by atoms with Gasteiger partial charge in [-0.1, -0.05) is 31.4 Å². The number of benzene rings is 1. The van der Waals surface area contributed by atoms with Crippen LogP contribution in [0.3, 0.4) is 0 Å². The first-order valence-electron chi connectivity index (χ1n) is 6.89. The lowest BCUT2D eigenvalue weighted by Crippen LogP contribution is -2.30. The summed E-state index contributed by atoms with van der Waals surface area (Å²) >= 11 is 0. The molecule has 18 heavy (non-hydrogen) atoms. The third kappa shape index (κ3) is 3.21. The summed E-state index contributed by atoms with van der Waals surface area (Å²) in [5.74, 6) is 0.425. The van der Waals surface area contributed by atoms with Crippen LogP contribution in [0.4, 0.5) is 0 Å². The van der Waals surface area contributed by atoms with Gasteiger partial charge in [-0.05, 0) is 49.9 Å². The van der Waals surface area contributed by atoms with Crippen molar-refractivity contribution in [2.45, 2.75) is 49.2 Å². The van der Waals surface area contributed by atoms with Crippen LogP contribution in [0.5, 0.6) is 0 Å². The second-order valence-corrected chi connectivity index (χ2v) is 6.96. The van der Waals surface area contributed by atoms with Crippen LogP contribution in [0.2, 0.25) is 0 Å². The summed E-state index contributed by atoms with van der Waals surface area (Å²) < 4.78 is 12.7. The van der Waals surface area contributed by atoms with Crippen molar-refractivity contribution in [1.82, 2.24) is 0 Å². The van der Waals surface area contributed by atoms with Crippen LogP contribution in [0.1, 0.15) is 37.7 Å². The molecule has 1 aromatic rings. The van der Waals surface area contributed by atoms with E-state index in [0.717, 1.165) is 17.7 Å². The lowest BCUT2D eigenvalue weighted by atomic mass is 10.0. The minimum atomic E-state index is -0.901. The molecule has 1 aliphatic rings. The summed E-state index contributed by atoms with van der Waals surface area (Å²) in [6, 6.07) is 8.08. The van der Waals surface area contributed by atoms with Gasteiger partial charge in [-0.2, -0.15) is 0 Å². The van der Waals surface area contributed by atoms with Crippen LogP contribution < -0.4 is 5.73 Å². The van der Waals surface area contributed by atoms with E-state index in [1.165, 1.54) is 24.8 Å². The third-order valence-electron chi connectivity index (χ3n) is 3.89. The van der Waals surface area contributed by atoms with Crippen LogP contribution in [0.25, 0.3) is 0 Å². The zero-order valence-electron chi connectivity index (χ0n) is 11.1. The molecule has 1 saturated carbocycles. The van der Waals surface area contributed by atoms with Crippen molar-refractivity contribution in [1.29, 1.82) is 0 Å². The Bertz CT molecular complexity index is 419. The number of hydrogen-bond acceptors (Lipinski definition) is 2. The van der Waals surface area contributed by atoms with Crippen LogP contribution >= 0.6 is 0 Å². The Kier molecular flexibility index (Phi) is 4.95. The summed E-state index contributed by atoms with van der Waals surface area (Å²) in [5.41, 5.74) is 7.05. The van der Waals surface area contributed by atoms with Crippen molar-refractivity contribution in [2.24, 2.45) is 11.7 Å². The van der Waals surface area contributed by atoms with E-state index in [-0.39, 0.29) is 5.25 Å². The Balaban J connectivity index is 2.19. The lowest BCUT2D eigenvalue weighted by molar-refractivity contribution is 0.473. The standard InChI is InChI=1S/C15H23NOS/c1-12-6-5-8-14(10-12)18(17)15-9-4-2-3-7-13(15)11-16/h5-6,8,10,13,15H,2-4,7,9,11,16H2,1H3. The fourth-order valence-corrected chi connectivity index (χ4v) is 4.66. The van der Waals surface area contributed by atoms with E-state index in [1.54, 1.807) is 0 Å². The molecule has 0 bridgehead atoms. The third-order valence-corrected chi connectivity index (χ3v) is 5.78. The van der Waals surface area contributed by atoms with E-state index >= 15 is 0 Å². The molecule has 0 heterocycles. The number of hydrogen-bond donors (Lipinski definition) is 1. The molecule has 1 fully saturated rings. The quantitative estimate of drug-likeness (QED) is 0.854. The Morgan fingerprint density at radius 2 is 2.06 bits per heavy atom. The van der Waals surface area contributed by atoms with Crippen LogP contribution in [-0.4, -0.2) is 16.0 Å². The molecule has 3 atom stereocenters. The van der Waals surface area contributed by atoms with Crippen molar-refractivity contribution in [2.75, 3.05) is 6.54 Å². The molecular formula is C15H23NOS. The molecule has 2 nitrogen and oxygen atoms in total. The molecule has 0 saturated heterocycles. The monoisotopic (exact) mass is 265 g/mol. The Morgan fingerprint density at radius 3 is 2.78 bits per heavy atom. The van der Waals surface area contributed by atoms with Gasteiger partial charge in [-0.25, -0.2) is 0 Å². The van der Waals surface area contributed by atoms with E-state index < -0.39 is 10.8 Å². The average Bonchev–Trinajstić information content (AvgIpc) is 2.62. The normalized spacial score (nSPS) is 26.6. The number of aryl methyl sites for hydroxylation is 1. The maximum atomic E-state index is 12.7. The van der Waals surface area contributed by atoms with Crippen molar-refractivity contribution >= 4 is 10.8 Å². The predicted molar refractivity (Wildman–Crippen MR) is 77.0 cm³/mol. The van der Waals surface area contributed by atoms with E-state index in [9.17, 15) is 4.21 Å². The van der Waals surface area contributed by atoms with Crippen molar-refractivity contribution < 1.29 is 4.21 Å². The van der Waals surface area contributed by atoms with Gasteiger partial charge in [0, 0.05) is 10.1 Å². The van der Waals surface area contributed by atoms with Gasteiger partial charge in [-0.15, -0.1) is 0 Å². The molecular weight excluding hydrogens is 242 g/mol. The highest BCUT2D eigenvalue weighted by Crippen LogP contribution is 2.29. The molecule has 2 N–H and O–H groups in total. The molecule has 2 rings (SSSR count). The van der Waals surface area contributed by atoms with Crippen molar-refractivity contribution in [3.63, 3.8) is 0 Å². The Hall–Kier alpha value is -0.670. The molecule has 1 aromatic carbocycles. The maximum absolute atomic E-state index is 12.7. The van der Waals surface area contributed by atoms with Gasteiger partial charge >= 0.3 is 0 Å². The van der Waals surface area contributed by atoms with E-state index in [2.05, 4.69) is 6.07 Å². The van der Waals surface area contributed by atoms with Crippen molar-refractivity contribution in [3.05, 3.63) is 29.8 Å². The molecule has 0 spiro atoms. The zero-order valence-corrected chi connectivity index (χ0v) is 11.9. The summed E-state index contributed by atoms with van der Waals surface area (Å²) in [6.45, 7) is 2.72. The smallest absolute Gasteiger partial charge is 0.0564 e. The van der Waals surface area contributed by atoms with Gasteiger partial charge in [0.2, 0.25) is 0 Å². The van der Waals surface area contributed by atoms with Crippen LogP contribution in [-0.2, 0) is 10.8 Å². The fraction of sp³-hybridized carbons (Fsp3) is 0.600. The lowest BCUT2D eigenvalue weighted by Gasteiger charge is -2.23. The molecule has 0 radical (unpaired) electrons. The van der Waals surface area contributed by atoms with Gasteiger partial charge in [-0.3, -0.25) is 4.21 Å². The molecule has 100 valence electrons. The summed E-state index contributed by atoms with van der Waals surface area (Å²) in [7, 11) is -0.901. The Morgan fingerprint density at radius 1 is 1.28 bits per heavy atom. The van der Waals surface area contributed by atoms with Gasteiger partial charge in [0.25, 0.3) is 0 Å². The highest BCUT2D eigenvalue weighted by molar-refractivity contribution is 7.85. The second-order valence-electron chi connectivity index (χ2n) is 5.29. The SMILES string of the molecule is Cc1cccc(S(=O)C2CCCCCC2CN)c1. The van der Waals surface area contributed by atoms with Crippen LogP contribution in [0.15, 0.2) is 29.2 Å². The summed E-state index contributed by atoms with van der Waals surface area (Å²) in [4.78, 5) is 0.973. The van der Waals surface area contributed by atoms with Crippen molar-refractivity contribution in [3.8, 4) is 0 Å². The molecule has 1 aliphatic carbocycles. The highest BCUT2D eigenvalue weighted by Gasteiger charge is 2.28. The topological polar surface area (TPSA) is 43.1 Å². The minimum absolute atomic E-state index is 0.249. The summed E-state index contributed by atoms with van der Waals surface area (Å²) in [6.07, 6.45) is 5.89. The first-order chi connectivity index (χ1) is 8.72. The van der Waals surface area contributed by atoms with E-state index in [0.29, 0.717) is 12.5 Å². The number of rotatable bonds is 3. The maximum Gasteiger partial charge on any atom is 0.0564 e. The fourth-order valence-electron chi connectivity index (χ4n) is 2.82. The first-order valence-corrected chi connectivity index (χ1v) is 8.11. The first kappa shape index (κ1) is 13.8. The molecule has 0 aliphatic heterocycles. The number of nitrogens with two attached hydrogens (primary N) is 1. The van der Waals surface area contributed by atoms with Gasteiger partial charge in [0.1, 0.15) is 0 Å². The molecule has 3 unspecified atom stereocenters. The van der Waals surface area contributed by atoms with Gasteiger partial charge in [0.15, 0.2) is 0 Å². The minimum Gasteiger partial charge on any atom is -0.330 e. The summed E-state index contributed by atoms with van der Waals surface area (Å²) in [5, 5.41) is 0.249.